The lowest BCUT2D eigenvalue weighted by atomic mass is 9.50. The molecule has 2 N–H and O–H groups in total. The molecule has 0 aromatic heterocycles. The van der Waals surface area contributed by atoms with Crippen LogP contribution in [0.4, 0.5) is 22.4 Å². The fourth-order valence-corrected chi connectivity index (χ4v) is 9.20. The van der Waals surface area contributed by atoms with Gasteiger partial charge in [0.15, 0.2) is 0 Å². The maximum atomic E-state index is 15.1. The van der Waals surface area contributed by atoms with Crippen LogP contribution < -0.4 is 10.6 Å². The van der Waals surface area contributed by atoms with Gasteiger partial charge in [-0.15, -0.1) is 0 Å². The molecule has 8 aliphatic rings. The summed E-state index contributed by atoms with van der Waals surface area (Å²) in [6, 6.07) is -0.511. The summed E-state index contributed by atoms with van der Waals surface area (Å²) in [5.74, 6) is -0.0938. The van der Waals surface area contributed by atoms with Gasteiger partial charge in [-0.3, -0.25) is 0 Å². The molecule has 8 rings (SSSR count). The number of alkyl halides is 4. The zero-order valence-electron chi connectivity index (χ0n) is 16.1. The van der Waals surface area contributed by atoms with E-state index in [2.05, 4.69) is 10.6 Å². The zero-order chi connectivity index (χ0) is 19.6. The molecular formula is C21H28F4N2O. The topological polar surface area (TPSA) is 41.1 Å². The SMILES string of the molecule is O=C(NC12CC3CC(F)(CC(F)(C3)C1)C2)NC12CC3CC(F)(CC(F)(C3)C1)C2. The third-order valence-electron chi connectivity index (χ3n) is 8.62. The molecule has 0 aromatic rings. The second-order valence-electron chi connectivity index (χ2n) is 11.8. The van der Waals surface area contributed by atoms with Crippen molar-refractivity contribution in [3.05, 3.63) is 0 Å². The first-order chi connectivity index (χ1) is 12.9. The molecule has 28 heavy (non-hydrogen) atoms. The number of carbonyl (C=O) groups excluding carboxylic acids is 1. The molecule has 2 amide bonds. The van der Waals surface area contributed by atoms with Crippen LogP contribution in [-0.4, -0.2) is 39.8 Å². The number of urea groups is 1. The Labute approximate surface area is 162 Å². The molecule has 8 aliphatic carbocycles. The minimum atomic E-state index is -1.55. The van der Waals surface area contributed by atoms with Crippen LogP contribution in [0.25, 0.3) is 0 Å². The van der Waals surface area contributed by atoms with Crippen molar-refractivity contribution in [2.24, 2.45) is 11.8 Å². The van der Waals surface area contributed by atoms with Gasteiger partial charge >= 0.3 is 6.03 Å². The summed E-state index contributed by atoms with van der Waals surface area (Å²) in [4.78, 5) is 12.9. The maximum Gasteiger partial charge on any atom is 0.315 e. The minimum Gasteiger partial charge on any atom is -0.332 e. The van der Waals surface area contributed by atoms with Crippen LogP contribution in [0.2, 0.25) is 0 Å². The van der Waals surface area contributed by atoms with E-state index in [9.17, 15) is 4.79 Å². The fraction of sp³-hybridized carbons (Fsp3) is 0.952. The van der Waals surface area contributed by atoms with Crippen LogP contribution in [0.1, 0.15) is 77.0 Å². The molecule has 4 atom stereocenters. The van der Waals surface area contributed by atoms with E-state index in [0.717, 1.165) is 0 Å². The van der Waals surface area contributed by atoms with Gasteiger partial charge in [-0.1, -0.05) is 0 Å². The Hall–Kier alpha value is -1.01. The summed E-state index contributed by atoms with van der Waals surface area (Å²) in [5.41, 5.74) is -7.95. The number of nitrogens with one attached hydrogen (secondary N) is 2. The highest BCUT2D eigenvalue weighted by Crippen LogP contribution is 2.63. The van der Waals surface area contributed by atoms with Gasteiger partial charge in [0.1, 0.15) is 22.7 Å². The molecule has 0 aliphatic heterocycles. The Morgan fingerprint density at radius 2 is 0.893 bits per heavy atom. The third-order valence-corrected chi connectivity index (χ3v) is 8.62. The number of rotatable bonds is 2. The highest BCUT2D eigenvalue weighted by molar-refractivity contribution is 5.76. The standard InChI is InChI=1S/C21H28F4N2O/c22-16-1-13-2-17(23,7-16)10-20(5-13,9-16)26-15(28)27-21-6-14-3-18(24,11-21)8-19(25,4-14)12-21/h13-14H,1-12H2,(H2,26,27,28). The summed E-state index contributed by atoms with van der Waals surface area (Å²) in [7, 11) is 0. The molecule has 0 saturated heterocycles. The Morgan fingerprint density at radius 1 is 0.571 bits per heavy atom. The minimum absolute atomic E-state index is 0.0469. The summed E-state index contributed by atoms with van der Waals surface area (Å²) >= 11 is 0. The van der Waals surface area contributed by atoms with Gasteiger partial charge < -0.3 is 10.6 Å². The lowest BCUT2D eigenvalue weighted by Crippen LogP contribution is -2.72. The number of halogens is 4. The van der Waals surface area contributed by atoms with Crippen LogP contribution in [0.3, 0.4) is 0 Å². The van der Waals surface area contributed by atoms with E-state index in [4.69, 9.17) is 0 Å². The molecule has 0 aromatic carbocycles. The maximum absolute atomic E-state index is 15.1. The van der Waals surface area contributed by atoms with Crippen molar-refractivity contribution in [2.45, 2.75) is 111 Å². The molecule has 8 bridgehead atoms. The van der Waals surface area contributed by atoms with E-state index in [1.807, 2.05) is 0 Å². The molecule has 3 nitrogen and oxygen atoms in total. The molecule has 8 saturated carbocycles. The predicted molar refractivity (Wildman–Crippen MR) is 94.9 cm³/mol. The lowest BCUT2D eigenvalue weighted by molar-refractivity contribution is -0.153. The van der Waals surface area contributed by atoms with Crippen molar-refractivity contribution in [1.29, 1.82) is 0 Å². The average molecular weight is 400 g/mol. The highest BCUT2D eigenvalue weighted by Gasteiger charge is 2.67. The van der Waals surface area contributed by atoms with E-state index in [1.165, 1.54) is 0 Å². The van der Waals surface area contributed by atoms with Gasteiger partial charge in [-0.2, -0.15) is 0 Å². The zero-order valence-corrected chi connectivity index (χ0v) is 16.1. The molecule has 4 unspecified atom stereocenters. The molecule has 156 valence electrons. The lowest BCUT2D eigenvalue weighted by Gasteiger charge is -2.62. The van der Waals surface area contributed by atoms with Crippen molar-refractivity contribution >= 4 is 6.03 Å². The Kier molecular flexibility index (Phi) is 3.07. The van der Waals surface area contributed by atoms with E-state index in [-0.39, 0.29) is 50.4 Å². The van der Waals surface area contributed by atoms with Crippen LogP contribution in [0, 0.1) is 11.8 Å². The first-order valence-electron chi connectivity index (χ1n) is 10.8. The first-order valence-corrected chi connectivity index (χ1v) is 10.8. The van der Waals surface area contributed by atoms with E-state index >= 15 is 17.6 Å². The van der Waals surface area contributed by atoms with Crippen LogP contribution in [0.15, 0.2) is 0 Å². The Bertz CT molecular complexity index is 663. The molecule has 0 spiro atoms. The van der Waals surface area contributed by atoms with Gasteiger partial charge in [-0.05, 0) is 50.4 Å². The smallest absolute Gasteiger partial charge is 0.315 e. The largest absolute Gasteiger partial charge is 0.332 e. The van der Waals surface area contributed by atoms with E-state index in [0.29, 0.717) is 38.5 Å². The third kappa shape index (κ3) is 2.56. The fourth-order valence-electron chi connectivity index (χ4n) is 9.20. The summed E-state index contributed by atoms with van der Waals surface area (Å²) in [6.07, 6.45) is 3.14. The van der Waals surface area contributed by atoms with Crippen molar-refractivity contribution in [1.82, 2.24) is 10.6 Å². The van der Waals surface area contributed by atoms with Gasteiger partial charge in [0.25, 0.3) is 0 Å². The number of carbonyl (C=O) groups is 1. The molecular weight excluding hydrogens is 372 g/mol. The van der Waals surface area contributed by atoms with Crippen LogP contribution in [0.5, 0.6) is 0 Å². The molecule has 0 heterocycles. The van der Waals surface area contributed by atoms with Crippen LogP contribution in [-0.2, 0) is 0 Å². The molecule has 8 fully saturated rings. The van der Waals surface area contributed by atoms with Crippen molar-refractivity contribution in [2.75, 3.05) is 0 Å². The average Bonchev–Trinajstić information content (AvgIpc) is 2.36. The van der Waals surface area contributed by atoms with Gasteiger partial charge in [0.05, 0.1) is 0 Å². The van der Waals surface area contributed by atoms with Gasteiger partial charge in [0.2, 0.25) is 0 Å². The predicted octanol–water partition coefficient (Wildman–Crippen LogP) is 4.59. The summed E-state index contributed by atoms with van der Waals surface area (Å²) in [5, 5.41) is 5.80. The monoisotopic (exact) mass is 400 g/mol. The van der Waals surface area contributed by atoms with Crippen LogP contribution >= 0.6 is 0 Å². The van der Waals surface area contributed by atoms with Gasteiger partial charge in [0, 0.05) is 49.6 Å². The Balaban J connectivity index is 1.22. The summed E-state index contributed by atoms with van der Waals surface area (Å²) in [6.45, 7) is 0. The van der Waals surface area contributed by atoms with Crippen molar-refractivity contribution in [3.8, 4) is 0 Å². The number of hydrogen-bond acceptors (Lipinski definition) is 1. The Morgan fingerprint density at radius 3 is 1.18 bits per heavy atom. The summed E-state index contributed by atoms with van der Waals surface area (Å²) < 4.78 is 60.5. The second kappa shape index (κ2) is 4.83. The van der Waals surface area contributed by atoms with Gasteiger partial charge in [-0.25, -0.2) is 22.4 Å². The number of hydrogen-bond donors (Lipinski definition) is 2. The normalized spacial score (nSPS) is 60.9. The van der Waals surface area contributed by atoms with Crippen molar-refractivity contribution in [3.63, 3.8) is 0 Å². The quantitative estimate of drug-likeness (QED) is 0.654. The second-order valence-corrected chi connectivity index (χ2v) is 11.8. The molecule has 0 radical (unpaired) electrons. The number of amides is 2. The van der Waals surface area contributed by atoms with Crippen molar-refractivity contribution < 1.29 is 22.4 Å². The molecule has 7 heteroatoms. The van der Waals surface area contributed by atoms with E-state index in [1.54, 1.807) is 0 Å². The van der Waals surface area contributed by atoms with E-state index < -0.39 is 39.8 Å². The first kappa shape index (κ1) is 17.8. The highest BCUT2D eigenvalue weighted by atomic mass is 19.2.